The second kappa shape index (κ2) is 6.01. The minimum Gasteiger partial charge on any atom is -0.375 e. The zero-order valence-corrected chi connectivity index (χ0v) is 13.4. The van der Waals surface area contributed by atoms with Crippen molar-refractivity contribution in [3.05, 3.63) is 20.8 Å². The Morgan fingerprint density at radius 2 is 2.17 bits per heavy atom. The van der Waals surface area contributed by atoms with E-state index in [2.05, 4.69) is 53.6 Å². The van der Waals surface area contributed by atoms with Gasteiger partial charge in [-0.3, -0.25) is 11.3 Å². The Labute approximate surface area is 121 Å². The van der Waals surface area contributed by atoms with Gasteiger partial charge in [-0.15, -0.1) is 11.3 Å². The largest absolute Gasteiger partial charge is 0.375 e. The van der Waals surface area contributed by atoms with Crippen molar-refractivity contribution in [1.82, 2.24) is 5.43 Å². The molecule has 5 unspecified atom stereocenters. The summed E-state index contributed by atoms with van der Waals surface area (Å²) in [5, 5.41) is 2.11. The average Bonchev–Trinajstić information content (AvgIpc) is 2.82. The van der Waals surface area contributed by atoms with Gasteiger partial charge in [0, 0.05) is 26.7 Å². The van der Waals surface area contributed by atoms with Crippen molar-refractivity contribution < 1.29 is 4.74 Å². The van der Waals surface area contributed by atoms with Crippen molar-refractivity contribution in [2.45, 2.75) is 45.4 Å². The van der Waals surface area contributed by atoms with Gasteiger partial charge in [-0.1, -0.05) is 6.92 Å². The topological polar surface area (TPSA) is 47.3 Å². The van der Waals surface area contributed by atoms with Crippen LogP contribution in [0.2, 0.25) is 0 Å². The molecule has 1 aliphatic heterocycles. The molecule has 2 heterocycles. The van der Waals surface area contributed by atoms with Gasteiger partial charge < -0.3 is 4.74 Å². The lowest BCUT2D eigenvalue weighted by atomic mass is 9.82. The highest BCUT2D eigenvalue weighted by molar-refractivity contribution is 9.10. The average molecular weight is 333 g/mol. The van der Waals surface area contributed by atoms with Crippen LogP contribution in [-0.4, -0.2) is 18.2 Å². The predicted octanol–water partition coefficient (Wildman–Crippen LogP) is 2.94. The fraction of sp³-hybridized carbons (Fsp3) is 0.692. The van der Waals surface area contributed by atoms with Crippen LogP contribution >= 0.6 is 27.3 Å². The molecule has 5 atom stereocenters. The molecule has 0 spiro atoms. The van der Waals surface area contributed by atoms with Gasteiger partial charge >= 0.3 is 0 Å². The maximum atomic E-state index is 5.91. The van der Waals surface area contributed by atoms with E-state index in [1.807, 2.05) is 0 Å². The molecule has 0 bridgehead atoms. The summed E-state index contributed by atoms with van der Waals surface area (Å²) in [6.07, 6.45) is 1.54. The Morgan fingerprint density at radius 3 is 2.61 bits per heavy atom. The highest BCUT2D eigenvalue weighted by Crippen LogP contribution is 2.36. The van der Waals surface area contributed by atoms with E-state index in [9.17, 15) is 0 Å². The standard InChI is InChI=1S/C13H21BrN2OS/c1-7-8(2)17-9(3)13(7)12(16-15)5-11-4-10(14)6-18-11/h4,6-9,12-13,16H,5,15H2,1-3H3. The summed E-state index contributed by atoms with van der Waals surface area (Å²) in [7, 11) is 0. The lowest BCUT2D eigenvalue weighted by Crippen LogP contribution is -2.46. The minimum absolute atomic E-state index is 0.263. The van der Waals surface area contributed by atoms with Crippen molar-refractivity contribution in [3.8, 4) is 0 Å². The van der Waals surface area contributed by atoms with Gasteiger partial charge in [0.2, 0.25) is 0 Å². The molecule has 0 amide bonds. The van der Waals surface area contributed by atoms with E-state index in [4.69, 9.17) is 10.6 Å². The molecule has 0 aromatic carbocycles. The molecular weight excluding hydrogens is 312 g/mol. The number of hydrogen-bond donors (Lipinski definition) is 2. The van der Waals surface area contributed by atoms with Crippen LogP contribution in [-0.2, 0) is 11.2 Å². The molecule has 3 nitrogen and oxygen atoms in total. The normalized spacial score (nSPS) is 33.8. The van der Waals surface area contributed by atoms with Crippen LogP contribution in [0.25, 0.3) is 0 Å². The molecule has 1 aromatic rings. The smallest absolute Gasteiger partial charge is 0.0597 e. The van der Waals surface area contributed by atoms with Crippen molar-refractivity contribution in [2.75, 3.05) is 0 Å². The first-order valence-electron chi connectivity index (χ1n) is 6.37. The lowest BCUT2D eigenvalue weighted by molar-refractivity contribution is 0.0476. The number of hydrazine groups is 1. The Morgan fingerprint density at radius 1 is 1.44 bits per heavy atom. The molecule has 2 rings (SSSR count). The zero-order chi connectivity index (χ0) is 13.3. The number of nitrogens with one attached hydrogen (secondary N) is 1. The molecular formula is C13H21BrN2OS. The van der Waals surface area contributed by atoms with Gasteiger partial charge in [-0.05, 0) is 48.2 Å². The van der Waals surface area contributed by atoms with Gasteiger partial charge in [0.25, 0.3) is 0 Å². The Hall–Kier alpha value is 0.0600. The predicted molar refractivity (Wildman–Crippen MR) is 79.5 cm³/mol. The second-order valence-electron chi connectivity index (χ2n) is 5.19. The molecule has 1 saturated heterocycles. The van der Waals surface area contributed by atoms with Crippen LogP contribution in [0, 0.1) is 11.8 Å². The third kappa shape index (κ3) is 2.96. The SMILES string of the molecule is CC1OC(C)C(C(Cc2cc(Br)cs2)NN)C1C. The maximum Gasteiger partial charge on any atom is 0.0597 e. The third-order valence-electron chi connectivity index (χ3n) is 4.04. The number of halogens is 1. The number of thiophene rings is 1. The first-order chi connectivity index (χ1) is 8.52. The van der Waals surface area contributed by atoms with Gasteiger partial charge in [-0.25, -0.2) is 0 Å². The van der Waals surface area contributed by atoms with Crippen molar-refractivity contribution in [1.29, 1.82) is 0 Å². The first-order valence-corrected chi connectivity index (χ1v) is 8.04. The molecule has 1 fully saturated rings. The number of ether oxygens (including phenoxy) is 1. The summed E-state index contributed by atoms with van der Waals surface area (Å²) in [6.45, 7) is 6.56. The molecule has 0 radical (unpaired) electrons. The number of nitrogens with two attached hydrogens (primary N) is 1. The van der Waals surface area contributed by atoms with E-state index in [0.717, 1.165) is 10.9 Å². The quantitative estimate of drug-likeness (QED) is 0.658. The third-order valence-corrected chi connectivity index (χ3v) is 5.76. The van der Waals surface area contributed by atoms with Crippen molar-refractivity contribution >= 4 is 27.3 Å². The summed E-state index contributed by atoms with van der Waals surface area (Å²) in [5.41, 5.74) is 2.99. The van der Waals surface area contributed by atoms with Crippen LogP contribution in [0.15, 0.2) is 15.9 Å². The van der Waals surface area contributed by atoms with Crippen LogP contribution in [0.5, 0.6) is 0 Å². The Bertz CT molecular complexity index is 398. The van der Waals surface area contributed by atoms with Gasteiger partial charge in [-0.2, -0.15) is 0 Å². The van der Waals surface area contributed by atoms with Crippen molar-refractivity contribution in [2.24, 2.45) is 17.7 Å². The molecule has 1 aromatic heterocycles. The Kier molecular flexibility index (Phi) is 4.83. The zero-order valence-electron chi connectivity index (χ0n) is 11.0. The van der Waals surface area contributed by atoms with Gasteiger partial charge in [0.1, 0.15) is 0 Å². The van der Waals surface area contributed by atoms with E-state index in [0.29, 0.717) is 17.9 Å². The van der Waals surface area contributed by atoms with E-state index in [1.165, 1.54) is 4.88 Å². The van der Waals surface area contributed by atoms with Crippen LogP contribution in [0.1, 0.15) is 25.6 Å². The van der Waals surface area contributed by atoms with E-state index in [-0.39, 0.29) is 12.1 Å². The summed E-state index contributed by atoms with van der Waals surface area (Å²) < 4.78 is 7.06. The summed E-state index contributed by atoms with van der Waals surface area (Å²) in [4.78, 5) is 1.35. The van der Waals surface area contributed by atoms with Crippen LogP contribution < -0.4 is 11.3 Å². The molecule has 0 saturated carbocycles. The van der Waals surface area contributed by atoms with Gasteiger partial charge in [0.15, 0.2) is 0 Å². The van der Waals surface area contributed by atoms with E-state index >= 15 is 0 Å². The molecule has 1 aliphatic rings. The molecule has 18 heavy (non-hydrogen) atoms. The molecule has 5 heteroatoms. The number of hydrogen-bond acceptors (Lipinski definition) is 4. The van der Waals surface area contributed by atoms with Gasteiger partial charge in [0.05, 0.1) is 12.2 Å². The van der Waals surface area contributed by atoms with Crippen molar-refractivity contribution in [3.63, 3.8) is 0 Å². The molecule has 102 valence electrons. The second-order valence-corrected chi connectivity index (χ2v) is 7.10. The molecule has 3 N–H and O–H groups in total. The highest BCUT2D eigenvalue weighted by atomic mass is 79.9. The fourth-order valence-electron chi connectivity index (χ4n) is 2.97. The van der Waals surface area contributed by atoms with Crippen LogP contribution in [0.3, 0.4) is 0 Å². The summed E-state index contributed by atoms with van der Waals surface area (Å²) in [5.74, 6) is 6.76. The minimum atomic E-state index is 0.263. The maximum absolute atomic E-state index is 5.91. The first kappa shape index (κ1) is 14.5. The van der Waals surface area contributed by atoms with E-state index in [1.54, 1.807) is 11.3 Å². The highest BCUT2D eigenvalue weighted by Gasteiger charge is 2.41. The monoisotopic (exact) mass is 332 g/mol. The number of rotatable bonds is 4. The van der Waals surface area contributed by atoms with Crippen LogP contribution in [0.4, 0.5) is 0 Å². The Balaban J connectivity index is 2.08. The van der Waals surface area contributed by atoms with E-state index < -0.39 is 0 Å². The summed E-state index contributed by atoms with van der Waals surface area (Å²) in [6, 6.07) is 2.44. The molecule has 0 aliphatic carbocycles. The fourth-order valence-corrected chi connectivity index (χ4v) is 4.48. The lowest BCUT2D eigenvalue weighted by Gasteiger charge is -2.28. The summed E-state index contributed by atoms with van der Waals surface area (Å²) >= 11 is 5.27.